The second-order valence-corrected chi connectivity index (χ2v) is 9.83. The van der Waals surface area contributed by atoms with Gasteiger partial charge in [0.1, 0.15) is 29.9 Å². The number of aromatic amines is 1. The Morgan fingerprint density at radius 3 is 2.97 bits per heavy atom. The van der Waals surface area contributed by atoms with Crippen LogP contribution in [0.15, 0.2) is 24.3 Å². The molecule has 1 aromatic carbocycles. The average Bonchev–Trinajstić information content (AvgIpc) is 3.64. The van der Waals surface area contributed by atoms with Crippen LogP contribution < -0.4 is 10.1 Å². The molecule has 9 nitrogen and oxygen atoms in total. The van der Waals surface area contributed by atoms with E-state index in [9.17, 15) is 5.11 Å². The fourth-order valence-electron chi connectivity index (χ4n) is 5.26. The fraction of sp³-hybridized carbons (Fsp3) is 0.462. The topological polar surface area (TPSA) is 111 Å². The van der Waals surface area contributed by atoms with Crippen molar-refractivity contribution in [1.82, 2.24) is 15.0 Å². The number of fused-ring (bicyclic) bond motifs is 3. The zero-order chi connectivity index (χ0) is 25.5. The monoisotopic (exact) mass is 530 g/mol. The van der Waals surface area contributed by atoms with Gasteiger partial charge in [0.25, 0.3) is 6.01 Å². The highest BCUT2D eigenvalue weighted by molar-refractivity contribution is 6.33. The molecule has 37 heavy (non-hydrogen) atoms. The van der Waals surface area contributed by atoms with E-state index >= 15 is 4.39 Å². The van der Waals surface area contributed by atoms with Crippen molar-refractivity contribution in [3.05, 3.63) is 51.8 Å². The summed E-state index contributed by atoms with van der Waals surface area (Å²) in [7, 11) is 0. The normalized spacial score (nSPS) is 26.8. The van der Waals surface area contributed by atoms with Gasteiger partial charge in [0.05, 0.1) is 36.4 Å². The number of imidazole rings is 1. The van der Waals surface area contributed by atoms with E-state index in [-0.39, 0.29) is 30.6 Å². The van der Waals surface area contributed by atoms with Gasteiger partial charge in [0, 0.05) is 12.2 Å². The van der Waals surface area contributed by atoms with Crippen LogP contribution >= 0.6 is 11.6 Å². The minimum atomic E-state index is -0.655. The summed E-state index contributed by atoms with van der Waals surface area (Å²) in [5, 5.41) is 13.6. The minimum Gasteiger partial charge on any atom is -0.456 e. The van der Waals surface area contributed by atoms with Crippen LogP contribution in [0.3, 0.4) is 0 Å². The lowest BCUT2D eigenvalue weighted by Crippen LogP contribution is -2.34. The molecule has 3 aliphatic rings. The van der Waals surface area contributed by atoms with E-state index in [0.717, 1.165) is 24.0 Å². The Hall–Kier alpha value is -2.76. The molecule has 0 amide bonds. The number of nitrogens with zero attached hydrogens (tertiary/aromatic N) is 2. The van der Waals surface area contributed by atoms with Crippen LogP contribution in [-0.4, -0.2) is 70.9 Å². The highest BCUT2D eigenvalue weighted by Gasteiger charge is 2.48. The lowest BCUT2D eigenvalue weighted by Gasteiger charge is -2.16. The third kappa shape index (κ3) is 4.80. The molecule has 0 bridgehead atoms. The van der Waals surface area contributed by atoms with Gasteiger partial charge in [-0.1, -0.05) is 29.8 Å². The number of benzene rings is 1. The minimum absolute atomic E-state index is 0.221. The van der Waals surface area contributed by atoms with Crippen LogP contribution in [0.25, 0.3) is 17.2 Å². The first kappa shape index (κ1) is 24.6. The van der Waals surface area contributed by atoms with E-state index < -0.39 is 18.3 Å². The number of aliphatic hydroxyl groups is 1. The van der Waals surface area contributed by atoms with Gasteiger partial charge in [-0.15, -0.1) is 0 Å². The molecule has 0 saturated carbocycles. The molecule has 6 rings (SSSR count). The number of nitrogens with one attached hydrogen (secondary N) is 2. The van der Waals surface area contributed by atoms with Crippen molar-refractivity contribution in [2.75, 3.05) is 31.7 Å². The number of hydrogen-bond donors (Lipinski definition) is 3. The van der Waals surface area contributed by atoms with Crippen LogP contribution in [0.2, 0.25) is 5.02 Å². The number of anilines is 1. The zero-order valence-electron chi connectivity index (χ0n) is 20.2. The van der Waals surface area contributed by atoms with Gasteiger partial charge in [-0.05, 0) is 43.0 Å². The van der Waals surface area contributed by atoms with Gasteiger partial charge in [-0.25, -0.2) is 9.37 Å². The largest absolute Gasteiger partial charge is 0.456 e. The summed E-state index contributed by atoms with van der Waals surface area (Å²) in [6.45, 7) is 3.59. The third-order valence-electron chi connectivity index (χ3n) is 6.98. The number of H-pyrrole nitrogens is 1. The van der Waals surface area contributed by atoms with Gasteiger partial charge < -0.3 is 34.4 Å². The Morgan fingerprint density at radius 2 is 2.11 bits per heavy atom. The average molecular weight is 531 g/mol. The molecule has 3 N–H and O–H groups in total. The van der Waals surface area contributed by atoms with Crippen molar-refractivity contribution in [2.24, 2.45) is 0 Å². The number of aromatic nitrogens is 3. The molecule has 196 valence electrons. The molecule has 4 heterocycles. The molecule has 11 heteroatoms. The molecule has 2 saturated heterocycles. The summed E-state index contributed by atoms with van der Waals surface area (Å²) >= 11 is 6.53. The van der Waals surface area contributed by atoms with E-state index in [1.165, 1.54) is 0 Å². The lowest BCUT2D eigenvalue weighted by molar-refractivity contribution is 0.00706. The van der Waals surface area contributed by atoms with Crippen molar-refractivity contribution in [3.63, 3.8) is 0 Å². The number of hydrogen-bond acceptors (Lipinski definition) is 8. The Morgan fingerprint density at radius 1 is 1.24 bits per heavy atom. The Kier molecular flexibility index (Phi) is 6.76. The summed E-state index contributed by atoms with van der Waals surface area (Å²) in [6, 6.07) is 5.28. The lowest BCUT2D eigenvalue weighted by atomic mass is 10.0. The van der Waals surface area contributed by atoms with E-state index in [2.05, 4.69) is 20.3 Å². The quantitative estimate of drug-likeness (QED) is 0.377. The van der Waals surface area contributed by atoms with Crippen LogP contribution in [0.5, 0.6) is 6.01 Å². The predicted molar refractivity (Wildman–Crippen MR) is 135 cm³/mol. The molecule has 2 aliphatic heterocycles. The first-order valence-corrected chi connectivity index (χ1v) is 12.8. The zero-order valence-corrected chi connectivity index (χ0v) is 21.0. The molecule has 3 aromatic rings. The van der Waals surface area contributed by atoms with Crippen LogP contribution in [0.4, 0.5) is 10.2 Å². The molecule has 0 radical (unpaired) electrons. The number of aliphatic hydroxyl groups excluding tert-OH is 1. The summed E-state index contributed by atoms with van der Waals surface area (Å²) in [4.78, 5) is 12.1. The first-order chi connectivity index (χ1) is 18.0. The van der Waals surface area contributed by atoms with E-state index in [1.54, 1.807) is 12.1 Å². The molecule has 1 unspecified atom stereocenters. The van der Waals surface area contributed by atoms with E-state index in [1.807, 2.05) is 25.1 Å². The maximum Gasteiger partial charge on any atom is 0.296 e. The molecule has 0 spiro atoms. The summed E-state index contributed by atoms with van der Waals surface area (Å²) in [5.41, 5.74) is 3.45. The van der Waals surface area contributed by atoms with Crippen molar-refractivity contribution >= 4 is 34.7 Å². The highest BCUT2D eigenvalue weighted by atomic mass is 35.5. The predicted octanol–water partition coefficient (Wildman–Crippen LogP) is 3.81. The fourth-order valence-corrected chi connectivity index (χ4v) is 5.46. The van der Waals surface area contributed by atoms with Crippen molar-refractivity contribution in [2.45, 2.75) is 50.2 Å². The SMILES string of the molecule is CCOC/C=C/c1cc(F)c2c(c1)CC[C@@H]2Nc1nc2nc(O[C@@H]3COC4[C@H](O)CO[C@@H]43)[nH]c2cc1Cl. The molecular weight excluding hydrogens is 503 g/mol. The molecular formula is C26H28ClFN4O5. The van der Waals surface area contributed by atoms with Crippen LogP contribution in [0.1, 0.15) is 36.1 Å². The van der Waals surface area contributed by atoms with Crippen LogP contribution in [-0.2, 0) is 20.6 Å². The van der Waals surface area contributed by atoms with Gasteiger partial charge in [0.2, 0.25) is 0 Å². The Bertz CT molecular complexity index is 1330. The summed E-state index contributed by atoms with van der Waals surface area (Å²) in [5.74, 6) is 0.171. The number of rotatable bonds is 8. The second-order valence-electron chi connectivity index (χ2n) is 9.42. The van der Waals surface area contributed by atoms with Crippen LogP contribution in [0, 0.1) is 5.82 Å². The number of aryl methyl sites for hydroxylation is 1. The Labute approximate surface area is 217 Å². The standard InChI is InChI=1S/C26H28ClFN4O5/c1-2-34-7-3-4-13-8-14-5-6-17(21(14)16(28)9-13)29-24-15(27)10-18-25(31-24)32-26(30-18)37-20-12-36-22-19(33)11-35-23(20)22/h3-4,8-10,17,19-20,22-23,33H,2,5-7,11-12H2,1H3,(H2,29,30,31,32)/b4-3+/t17-,19+,20+,22?,23+/m0/s1. The first-order valence-electron chi connectivity index (χ1n) is 12.5. The second kappa shape index (κ2) is 10.2. The number of halogens is 2. The van der Waals surface area contributed by atoms with Gasteiger partial charge in [0.15, 0.2) is 11.8 Å². The third-order valence-corrected chi connectivity index (χ3v) is 7.27. The molecule has 1 aliphatic carbocycles. The van der Waals surface area contributed by atoms with Crippen molar-refractivity contribution < 1.29 is 28.4 Å². The smallest absolute Gasteiger partial charge is 0.296 e. The van der Waals surface area contributed by atoms with Gasteiger partial charge in [-0.2, -0.15) is 4.98 Å². The molecule has 2 fully saturated rings. The van der Waals surface area contributed by atoms with Gasteiger partial charge in [-0.3, -0.25) is 0 Å². The maximum atomic E-state index is 15.1. The Balaban J connectivity index is 1.18. The summed E-state index contributed by atoms with van der Waals surface area (Å²) in [6.07, 6.45) is 3.44. The van der Waals surface area contributed by atoms with Crippen molar-refractivity contribution in [3.8, 4) is 6.01 Å². The van der Waals surface area contributed by atoms with E-state index in [0.29, 0.717) is 47.4 Å². The van der Waals surface area contributed by atoms with E-state index in [4.69, 9.17) is 30.5 Å². The molecule has 5 atom stereocenters. The van der Waals surface area contributed by atoms with Crippen molar-refractivity contribution in [1.29, 1.82) is 0 Å². The summed E-state index contributed by atoms with van der Waals surface area (Å²) < 4.78 is 37.6. The maximum absolute atomic E-state index is 15.1. The number of pyridine rings is 1. The van der Waals surface area contributed by atoms with Gasteiger partial charge >= 0.3 is 0 Å². The molecule has 2 aromatic heterocycles. The number of ether oxygens (including phenoxy) is 4. The highest BCUT2D eigenvalue weighted by Crippen LogP contribution is 2.38.